The Labute approximate surface area is 80.5 Å². The van der Waals surface area contributed by atoms with Crippen molar-refractivity contribution < 1.29 is 4.79 Å². The van der Waals surface area contributed by atoms with E-state index in [1.54, 1.807) is 12.1 Å². The Morgan fingerprint density at radius 2 is 2.00 bits per heavy atom. The van der Waals surface area contributed by atoms with Crippen LogP contribution in [0.1, 0.15) is 10.4 Å². The number of nitrogens with zero attached hydrogens (tertiary/aromatic N) is 1. The third-order valence-electron chi connectivity index (χ3n) is 1.37. The summed E-state index contributed by atoms with van der Waals surface area (Å²) in [5.41, 5.74) is 0.451. The third-order valence-corrected chi connectivity index (χ3v) is 2.11. The summed E-state index contributed by atoms with van der Waals surface area (Å²) in [7, 11) is 1.44. The molecule has 0 aliphatic rings. The Morgan fingerprint density at radius 3 is 2.50 bits per heavy atom. The molecule has 1 radical (unpaired) electrons. The molecule has 0 spiro atoms. The van der Waals surface area contributed by atoms with Crippen molar-refractivity contribution in [2.24, 2.45) is 0 Å². The van der Waals surface area contributed by atoms with E-state index in [9.17, 15) is 4.79 Å². The molecule has 1 amide bonds. The summed E-state index contributed by atoms with van der Waals surface area (Å²) in [4.78, 5) is 11.0. The van der Waals surface area contributed by atoms with Gasteiger partial charge in [0.2, 0.25) is 0 Å². The van der Waals surface area contributed by atoms with Crippen molar-refractivity contribution in [3.05, 3.63) is 33.8 Å². The molecule has 1 rings (SSSR count). The molecule has 0 saturated carbocycles. The molecule has 12 heavy (non-hydrogen) atoms. The van der Waals surface area contributed by atoms with Crippen LogP contribution >= 0.6 is 23.2 Å². The van der Waals surface area contributed by atoms with E-state index in [1.807, 2.05) is 0 Å². The topological polar surface area (TPSA) is 31.2 Å². The van der Waals surface area contributed by atoms with E-state index < -0.39 is 0 Å². The standard InChI is InChI=1S/C8H6Cl2NO/c1-11-8(12)5-2-3-6(9)7(10)4-5/h2-4H,1H3. The van der Waals surface area contributed by atoms with Crippen LogP contribution in [0.15, 0.2) is 18.2 Å². The summed E-state index contributed by atoms with van der Waals surface area (Å²) in [6.07, 6.45) is 0. The van der Waals surface area contributed by atoms with Crippen LogP contribution in [0, 0.1) is 0 Å². The van der Waals surface area contributed by atoms with Crippen LogP contribution in [0.3, 0.4) is 0 Å². The van der Waals surface area contributed by atoms with Crippen LogP contribution in [-0.2, 0) is 0 Å². The maximum absolute atomic E-state index is 11.0. The first-order valence-corrected chi connectivity index (χ1v) is 4.00. The van der Waals surface area contributed by atoms with Gasteiger partial charge in [-0.15, -0.1) is 0 Å². The molecular weight excluding hydrogens is 197 g/mol. The molecule has 0 unspecified atom stereocenters. The normalized spacial score (nSPS) is 9.58. The summed E-state index contributed by atoms with van der Waals surface area (Å²) in [6.45, 7) is 0. The molecule has 4 heteroatoms. The number of hydrogen-bond acceptors (Lipinski definition) is 1. The summed E-state index contributed by atoms with van der Waals surface area (Å²) >= 11 is 11.3. The van der Waals surface area contributed by atoms with Crippen LogP contribution in [-0.4, -0.2) is 13.0 Å². The Kier molecular flexibility index (Phi) is 2.95. The molecule has 1 aromatic carbocycles. The van der Waals surface area contributed by atoms with Crippen molar-refractivity contribution in [2.45, 2.75) is 0 Å². The van der Waals surface area contributed by atoms with Crippen molar-refractivity contribution in [1.29, 1.82) is 0 Å². The van der Waals surface area contributed by atoms with Gasteiger partial charge in [-0.3, -0.25) is 10.1 Å². The fourth-order valence-electron chi connectivity index (χ4n) is 0.758. The largest absolute Gasteiger partial charge is 0.272 e. The van der Waals surface area contributed by atoms with Gasteiger partial charge in [-0.1, -0.05) is 23.2 Å². The zero-order chi connectivity index (χ0) is 9.14. The van der Waals surface area contributed by atoms with E-state index >= 15 is 0 Å². The summed E-state index contributed by atoms with van der Waals surface area (Å²) < 4.78 is 0. The predicted octanol–water partition coefficient (Wildman–Crippen LogP) is 2.37. The lowest BCUT2D eigenvalue weighted by Crippen LogP contribution is -2.10. The van der Waals surface area contributed by atoms with Crippen molar-refractivity contribution in [3.8, 4) is 0 Å². The third kappa shape index (κ3) is 1.90. The molecule has 0 aliphatic heterocycles. The molecule has 0 bridgehead atoms. The van der Waals surface area contributed by atoms with Crippen molar-refractivity contribution in [1.82, 2.24) is 5.32 Å². The Hall–Kier alpha value is -0.730. The number of carbonyl (C=O) groups excluding carboxylic acids is 1. The van der Waals surface area contributed by atoms with Gasteiger partial charge in [0, 0.05) is 12.6 Å². The lowest BCUT2D eigenvalue weighted by molar-refractivity contribution is 0.0959. The van der Waals surface area contributed by atoms with Crippen LogP contribution in [0.5, 0.6) is 0 Å². The average Bonchev–Trinajstić information content (AvgIpc) is 2.08. The van der Waals surface area contributed by atoms with Gasteiger partial charge in [-0.2, -0.15) is 0 Å². The molecule has 0 heterocycles. The van der Waals surface area contributed by atoms with Gasteiger partial charge < -0.3 is 0 Å². The lowest BCUT2D eigenvalue weighted by Gasteiger charge is -1.99. The van der Waals surface area contributed by atoms with E-state index in [2.05, 4.69) is 5.32 Å². The monoisotopic (exact) mass is 202 g/mol. The second-order valence-electron chi connectivity index (χ2n) is 2.16. The van der Waals surface area contributed by atoms with E-state index in [0.717, 1.165) is 0 Å². The van der Waals surface area contributed by atoms with Gasteiger partial charge >= 0.3 is 0 Å². The van der Waals surface area contributed by atoms with E-state index in [1.165, 1.54) is 13.1 Å². The molecular formula is C8H6Cl2NO. The minimum atomic E-state index is -0.298. The minimum Gasteiger partial charge on any atom is -0.267 e. The minimum absolute atomic E-state index is 0.298. The second-order valence-corrected chi connectivity index (χ2v) is 2.97. The Morgan fingerprint density at radius 1 is 1.33 bits per heavy atom. The molecule has 63 valence electrons. The number of benzene rings is 1. The number of halogens is 2. The summed E-state index contributed by atoms with van der Waals surface area (Å²) in [5, 5.41) is 4.29. The quantitative estimate of drug-likeness (QED) is 0.689. The van der Waals surface area contributed by atoms with Crippen molar-refractivity contribution in [2.75, 3.05) is 7.05 Å². The highest BCUT2D eigenvalue weighted by Crippen LogP contribution is 2.22. The zero-order valence-corrected chi connectivity index (χ0v) is 7.86. The van der Waals surface area contributed by atoms with Crippen molar-refractivity contribution in [3.63, 3.8) is 0 Å². The lowest BCUT2D eigenvalue weighted by atomic mass is 10.2. The van der Waals surface area contributed by atoms with Gasteiger partial charge in [0.15, 0.2) is 0 Å². The van der Waals surface area contributed by atoms with Crippen LogP contribution in [0.25, 0.3) is 0 Å². The molecule has 0 N–H and O–H groups in total. The predicted molar refractivity (Wildman–Crippen MR) is 48.9 cm³/mol. The Balaban J connectivity index is 3.05. The maximum Gasteiger partial charge on any atom is 0.272 e. The maximum atomic E-state index is 11.0. The highest BCUT2D eigenvalue weighted by atomic mass is 35.5. The summed E-state index contributed by atoms with van der Waals surface area (Å²) in [5.74, 6) is -0.298. The number of carbonyl (C=O) groups is 1. The molecule has 1 aromatic rings. The van der Waals surface area contributed by atoms with E-state index in [0.29, 0.717) is 15.6 Å². The highest BCUT2D eigenvalue weighted by molar-refractivity contribution is 6.42. The zero-order valence-electron chi connectivity index (χ0n) is 6.34. The highest BCUT2D eigenvalue weighted by Gasteiger charge is 2.05. The SMILES string of the molecule is C[N]C(=O)c1ccc(Cl)c(Cl)c1. The number of amides is 1. The Bertz CT molecular complexity index is 312. The molecule has 0 aliphatic carbocycles. The van der Waals surface area contributed by atoms with Crippen LogP contribution in [0.2, 0.25) is 10.0 Å². The van der Waals surface area contributed by atoms with Gasteiger partial charge in [0.1, 0.15) is 0 Å². The van der Waals surface area contributed by atoms with Crippen LogP contribution in [0.4, 0.5) is 0 Å². The van der Waals surface area contributed by atoms with Gasteiger partial charge in [0.05, 0.1) is 10.0 Å². The van der Waals surface area contributed by atoms with E-state index in [-0.39, 0.29) is 5.91 Å². The van der Waals surface area contributed by atoms with E-state index in [4.69, 9.17) is 23.2 Å². The first-order chi connectivity index (χ1) is 5.65. The van der Waals surface area contributed by atoms with Crippen LogP contribution < -0.4 is 5.32 Å². The average molecular weight is 203 g/mol. The smallest absolute Gasteiger partial charge is 0.267 e. The molecule has 0 saturated heterocycles. The molecule has 0 aromatic heterocycles. The number of hydrogen-bond donors (Lipinski definition) is 0. The van der Waals surface area contributed by atoms with Gasteiger partial charge in [-0.05, 0) is 18.2 Å². The van der Waals surface area contributed by atoms with Crippen molar-refractivity contribution >= 4 is 29.1 Å². The fraction of sp³-hybridized carbons (Fsp3) is 0.125. The number of rotatable bonds is 1. The van der Waals surface area contributed by atoms with Gasteiger partial charge in [-0.25, -0.2) is 0 Å². The first-order valence-electron chi connectivity index (χ1n) is 3.24. The summed E-state index contributed by atoms with van der Waals surface area (Å²) in [6, 6.07) is 4.66. The molecule has 0 atom stereocenters. The second kappa shape index (κ2) is 3.78. The fourth-order valence-corrected chi connectivity index (χ4v) is 1.06. The molecule has 0 fully saturated rings. The first kappa shape index (κ1) is 9.36. The van der Waals surface area contributed by atoms with Gasteiger partial charge in [0.25, 0.3) is 5.91 Å². The molecule has 2 nitrogen and oxygen atoms in total.